The minimum atomic E-state index is -0.295. The molecule has 2 aliphatic rings. The predicted molar refractivity (Wildman–Crippen MR) is 105 cm³/mol. The molecule has 0 bridgehead atoms. The summed E-state index contributed by atoms with van der Waals surface area (Å²) in [6, 6.07) is 2.76. The summed E-state index contributed by atoms with van der Waals surface area (Å²) >= 11 is 0. The summed E-state index contributed by atoms with van der Waals surface area (Å²) < 4.78 is 2.15. The van der Waals surface area contributed by atoms with Crippen molar-refractivity contribution in [2.75, 3.05) is 37.4 Å². The molecule has 0 unspecified atom stereocenters. The molecule has 0 amide bonds. The molecule has 2 aromatic rings. The summed E-state index contributed by atoms with van der Waals surface area (Å²) in [6.45, 7) is 2.57. The molecule has 8 heteroatoms. The molecule has 4 rings (SSSR count). The highest BCUT2D eigenvalue weighted by atomic mass is 16.3. The van der Waals surface area contributed by atoms with Gasteiger partial charge in [0, 0.05) is 50.2 Å². The van der Waals surface area contributed by atoms with Crippen LogP contribution < -0.4 is 10.2 Å². The zero-order valence-electron chi connectivity index (χ0n) is 16.1. The van der Waals surface area contributed by atoms with Crippen LogP contribution in [0.2, 0.25) is 0 Å². The Kier molecular flexibility index (Phi) is 5.27. The van der Waals surface area contributed by atoms with E-state index in [1.54, 1.807) is 6.33 Å². The van der Waals surface area contributed by atoms with Crippen LogP contribution in [0.4, 0.5) is 11.6 Å². The summed E-state index contributed by atoms with van der Waals surface area (Å²) in [5.41, 5.74) is 0. The Labute approximate surface area is 160 Å². The van der Waals surface area contributed by atoms with E-state index in [1.165, 1.54) is 0 Å². The number of nitrogens with zero attached hydrogens (tertiary/aromatic N) is 6. The quantitative estimate of drug-likeness (QED) is 0.753. The molecule has 2 N–H and O–H groups in total. The highest BCUT2D eigenvalue weighted by Gasteiger charge is 2.33. The van der Waals surface area contributed by atoms with Crippen molar-refractivity contribution < 1.29 is 5.11 Å². The van der Waals surface area contributed by atoms with E-state index in [0.29, 0.717) is 18.5 Å². The van der Waals surface area contributed by atoms with Crippen molar-refractivity contribution in [2.45, 2.75) is 44.0 Å². The molecule has 1 aliphatic heterocycles. The van der Waals surface area contributed by atoms with Gasteiger partial charge >= 0.3 is 0 Å². The van der Waals surface area contributed by atoms with Crippen LogP contribution in [-0.4, -0.2) is 74.9 Å². The third kappa shape index (κ3) is 4.39. The second kappa shape index (κ2) is 7.82. The standard InChI is InChI=1S/C19H29N7O/c1-24(2)10-16-7-17(27)11-26(16)19-8-18(21-12-22-19)23-15-5-14(6-15)9-25-4-3-20-13-25/h3-4,8,12-17,27H,5-7,9-11H2,1-2H3,(H,21,22,23)/t14?,15?,16-,17-/m1/s1. The molecule has 146 valence electrons. The van der Waals surface area contributed by atoms with Crippen molar-refractivity contribution in [3.63, 3.8) is 0 Å². The van der Waals surface area contributed by atoms with Crippen LogP contribution in [0.5, 0.6) is 0 Å². The van der Waals surface area contributed by atoms with Crippen molar-refractivity contribution in [1.82, 2.24) is 24.4 Å². The van der Waals surface area contributed by atoms with Gasteiger partial charge in [0.15, 0.2) is 0 Å². The lowest BCUT2D eigenvalue weighted by atomic mass is 9.80. The number of aromatic nitrogens is 4. The van der Waals surface area contributed by atoms with Gasteiger partial charge in [-0.05, 0) is 39.3 Å². The van der Waals surface area contributed by atoms with Gasteiger partial charge < -0.3 is 24.8 Å². The lowest BCUT2D eigenvalue weighted by Crippen LogP contribution is -2.39. The average Bonchev–Trinajstić information content (AvgIpc) is 3.22. The van der Waals surface area contributed by atoms with Gasteiger partial charge in [-0.25, -0.2) is 15.0 Å². The molecule has 0 radical (unpaired) electrons. The topological polar surface area (TPSA) is 82.3 Å². The first-order valence-corrected chi connectivity index (χ1v) is 9.70. The molecule has 0 spiro atoms. The maximum Gasteiger partial charge on any atom is 0.134 e. The number of likely N-dealkylation sites (N-methyl/N-ethyl adjacent to an activating group) is 1. The maximum absolute atomic E-state index is 10.1. The highest BCUT2D eigenvalue weighted by molar-refractivity contribution is 5.50. The molecule has 3 heterocycles. The Morgan fingerprint density at radius 3 is 2.85 bits per heavy atom. The number of rotatable bonds is 7. The van der Waals surface area contributed by atoms with Crippen LogP contribution in [0.25, 0.3) is 0 Å². The van der Waals surface area contributed by atoms with Crippen LogP contribution in [0.3, 0.4) is 0 Å². The van der Waals surface area contributed by atoms with Gasteiger partial charge in [0.25, 0.3) is 0 Å². The SMILES string of the molecule is CN(C)C[C@H]1C[C@@H](O)CN1c1cc(NC2CC(Cn3ccnc3)C2)ncn1. The molecular weight excluding hydrogens is 342 g/mol. The Balaban J connectivity index is 1.34. The van der Waals surface area contributed by atoms with Gasteiger partial charge in [0.1, 0.15) is 18.0 Å². The molecule has 1 aliphatic carbocycles. The Morgan fingerprint density at radius 2 is 2.11 bits per heavy atom. The van der Waals surface area contributed by atoms with Crippen LogP contribution in [-0.2, 0) is 6.54 Å². The first-order valence-electron chi connectivity index (χ1n) is 9.70. The van der Waals surface area contributed by atoms with E-state index in [1.807, 2.05) is 24.8 Å². The first kappa shape index (κ1) is 18.2. The number of imidazole rings is 1. The third-order valence-corrected chi connectivity index (χ3v) is 5.53. The van der Waals surface area contributed by atoms with Crippen LogP contribution in [0.15, 0.2) is 31.1 Å². The van der Waals surface area contributed by atoms with E-state index in [9.17, 15) is 5.11 Å². The first-order chi connectivity index (χ1) is 13.1. The Bertz CT molecular complexity index is 729. The second-order valence-corrected chi connectivity index (χ2v) is 8.16. The molecule has 2 atom stereocenters. The minimum Gasteiger partial charge on any atom is -0.391 e. The van der Waals surface area contributed by atoms with Gasteiger partial charge in [-0.3, -0.25) is 0 Å². The number of β-amino-alcohol motifs (C(OH)–C–C–N with tert-alkyl or cyclic N) is 1. The number of aliphatic hydroxyl groups excluding tert-OH is 1. The van der Waals surface area contributed by atoms with Gasteiger partial charge in [0.2, 0.25) is 0 Å². The van der Waals surface area contributed by atoms with E-state index in [4.69, 9.17) is 0 Å². The monoisotopic (exact) mass is 371 g/mol. The van der Waals surface area contributed by atoms with Gasteiger partial charge in [0.05, 0.1) is 12.4 Å². The molecule has 8 nitrogen and oxygen atoms in total. The summed E-state index contributed by atoms with van der Waals surface area (Å²) in [6.07, 6.45) is 10.1. The fourth-order valence-corrected chi connectivity index (χ4v) is 4.25. The van der Waals surface area contributed by atoms with Crippen molar-refractivity contribution >= 4 is 11.6 Å². The second-order valence-electron chi connectivity index (χ2n) is 8.16. The van der Waals surface area contributed by atoms with E-state index >= 15 is 0 Å². The predicted octanol–water partition coefficient (Wildman–Crippen LogP) is 1.06. The third-order valence-electron chi connectivity index (χ3n) is 5.53. The van der Waals surface area contributed by atoms with E-state index < -0.39 is 0 Å². The Morgan fingerprint density at radius 1 is 1.26 bits per heavy atom. The number of aliphatic hydroxyl groups is 1. The fourth-order valence-electron chi connectivity index (χ4n) is 4.25. The largest absolute Gasteiger partial charge is 0.391 e. The average molecular weight is 371 g/mol. The van der Waals surface area contributed by atoms with E-state index in [0.717, 1.165) is 44.0 Å². The van der Waals surface area contributed by atoms with Crippen LogP contribution in [0.1, 0.15) is 19.3 Å². The molecular formula is C19H29N7O. The smallest absolute Gasteiger partial charge is 0.134 e. The molecule has 27 heavy (non-hydrogen) atoms. The lowest BCUT2D eigenvalue weighted by Gasteiger charge is -2.36. The van der Waals surface area contributed by atoms with Crippen molar-refractivity contribution in [3.05, 3.63) is 31.1 Å². The van der Waals surface area contributed by atoms with Crippen molar-refractivity contribution in [1.29, 1.82) is 0 Å². The highest BCUT2D eigenvalue weighted by Crippen LogP contribution is 2.32. The zero-order chi connectivity index (χ0) is 18.8. The summed E-state index contributed by atoms with van der Waals surface area (Å²) in [7, 11) is 4.12. The van der Waals surface area contributed by atoms with Gasteiger partial charge in [-0.2, -0.15) is 0 Å². The number of hydrogen-bond donors (Lipinski definition) is 2. The normalized spacial score (nSPS) is 27.8. The van der Waals surface area contributed by atoms with Gasteiger partial charge in [-0.1, -0.05) is 0 Å². The van der Waals surface area contributed by atoms with Crippen LogP contribution >= 0.6 is 0 Å². The van der Waals surface area contributed by atoms with Crippen LogP contribution in [0, 0.1) is 5.92 Å². The molecule has 1 saturated carbocycles. The van der Waals surface area contributed by atoms with Crippen molar-refractivity contribution in [2.24, 2.45) is 5.92 Å². The number of nitrogens with one attached hydrogen (secondary N) is 1. The molecule has 2 aromatic heterocycles. The molecule has 0 aromatic carbocycles. The Hall–Kier alpha value is -2.19. The number of anilines is 2. The zero-order valence-corrected chi connectivity index (χ0v) is 16.1. The summed E-state index contributed by atoms with van der Waals surface area (Å²) in [5, 5.41) is 13.7. The van der Waals surface area contributed by atoms with Crippen molar-refractivity contribution in [3.8, 4) is 0 Å². The summed E-state index contributed by atoms with van der Waals surface area (Å²) in [4.78, 5) is 17.3. The lowest BCUT2D eigenvalue weighted by molar-refractivity contribution is 0.191. The fraction of sp³-hybridized carbons (Fsp3) is 0.632. The molecule has 2 fully saturated rings. The van der Waals surface area contributed by atoms with E-state index in [2.05, 4.69) is 48.7 Å². The minimum absolute atomic E-state index is 0.279. The summed E-state index contributed by atoms with van der Waals surface area (Å²) in [5.74, 6) is 2.46. The van der Waals surface area contributed by atoms with E-state index in [-0.39, 0.29) is 12.1 Å². The van der Waals surface area contributed by atoms with Gasteiger partial charge in [-0.15, -0.1) is 0 Å². The number of hydrogen-bond acceptors (Lipinski definition) is 7. The molecule has 1 saturated heterocycles. The maximum atomic E-state index is 10.1.